The summed E-state index contributed by atoms with van der Waals surface area (Å²) in [5.41, 5.74) is 7.53. The molecule has 3 N–H and O–H groups in total. The second-order valence-electron chi connectivity index (χ2n) is 3.51. The number of rotatable bonds is 0. The van der Waals surface area contributed by atoms with Gasteiger partial charge in [0.25, 0.3) is 0 Å². The van der Waals surface area contributed by atoms with Gasteiger partial charge < -0.3 is 15.3 Å². The van der Waals surface area contributed by atoms with Crippen molar-refractivity contribution in [1.29, 1.82) is 0 Å². The van der Waals surface area contributed by atoms with Crippen LogP contribution in [0, 0.1) is 0 Å². The Bertz CT molecular complexity index is 655. The van der Waals surface area contributed by atoms with Crippen LogP contribution in [0.3, 0.4) is 0 Å². The molecule has 0 aliphatic rings. The summed E-state index contributed by atoms with van der Waals surface area (Å²) in [6.45, 7) is 0. The SMILES string of the molecule is Nc1ccc2c(c1)oc1c(O)cccc12. The van der Waals surface area contributed by atoms with Gasteiger partial charge in [-0.2, -0.15) is 0 Å². The molecule has 0 radical (unpaired) electrons. The van der Waals surface area contributed by atoms with Crippen LogP contribution in [0.25, 0.3) is 21.9 Å². The summed E-state index contributed by atoms with van der Waals surface area (Å²) in [7, 11) is 0. The average Bonchev–Trinajstić information content (AvgIpc) is 2.57. The van der Waals surface area contributed by atoms with Crippen LogP contribution in [0.5, 0.6) is 5.75 Å². The maximum Gasteiger partial charge on any atom is 0.177 e. The zero-order valence-electron chi connectivity index (χ0n) is 7.90. The van der Waals surface area contributed by atoms with Crippen LogP contribution >= 0.6 is 0 Å². The van der Waals surface area contributed by atoms with Gasteiger partial charge in [-0.15, -0.1) is 0 Å². The van der Waals surface area contributed by atoms with E-state index < -0.39 is 0 Å². The van der Waals surface area contributed by atoms with Crippen molar-refractivity contribution < 1.29 is 9.52 Å². The molecule has 0 unspecified atom stereocenters. The molecule has 0 aliphatic heterocycles. The van der Waals surface area contributed by atoms with Gasteiger partial charge in [-0.3, -0.25) is 0 Å². The molecule has 3 rings (SSSR count). The van der Waals surface area contributed by atoms with Crippen LogP contribution < -0.4 is 5.73 Å². The Morgan fingerprint density at radius 3 is 2.80 bits per heavy atom. The maximum atomic E-state index is 9.62. The number of fused-ring (bicyclic) bond motifs is 3. The zero-order chi connectivity index (χ0) is 10.4. The van der Waals surface area contributed by atoms with Crippen LogP contribution in [0.2, 0.25) is 0 Å². The first kappa shape index (κ1) is 8.17. The van der Waals surface area contributed by atoms with Gasteiger partial charge in [-0.25, -0.2) is 0 Å². The first-order valence-corrected chi connectivity index (χ1v) is 4.65. The molecule has 0 bridgehead atoms. The summed E-state index contributed by atoms with van der Waals surface area (Å²) in [5.74, 6) is 0.155. The topological polar surface area (TPSA) is 59.4 Å². The summed E-state index contributed by atoms with van der Waals surface area (Å²) in [6, 6.07) is 10.8. The standard InChI is InChI=1S/C12H9NO2/c13-7-4-5-8-9-2-1-3-10(14)12(9)15-11(8)6-7/h1-6,14H,13H2. The largest absolute Gasteiger partial charge is 0.504 e. The van der Waals surface area contributed by atoms with Crippen molar-refractivity contribution in [3.63, 3.8) is 0 Å². The number of para-hydroxylation sites is 1. The van der Waals surface area contributed by atoms with Crippen molar-refractivity contribution in [1.82, 2.24) is 0 Å². The van der Waals surface area contributed by atoms with E-state index in [0.29, 0.717) is 16.9 Å². The highest BCUT2D eigenvalue weighted by molar-refractivity contribution is 6.07. The van der Waals surface area contributed by atoms with E-state index in [1.54, 1.807) is 18.2 Å². The monoisotopic (exact) mass is 199 g/mol. The van der Waals surface area contributed by atoms with Gasteiger partial charge in [0.2, 0.25) is 0 Å². The van der Waals surface area contributed by atoms with E-state index in [4.69, 9.17) is 10.2 Å². The molecule has 3 aromatic rings. The molecular weight excluding hydrogens is 190 g/mol. The fourth-order valence-corrected chi connectivity index (χ4v) is 1.80. The van der Waals surface area contributed by atoms with Crippen molar-refractivity contribution in [2.75, 3.05) is 5.73 Å². The molecule has 0 spiro atoms. The Balaban J connectivity index is 2.57. The van der Waals surface area contributed by atoms with Crippen LogP contribution in [-0.4, -0.2) is 5.11 Å². The lowest BCUT2D eigenvalue weighted by Gasteiger charge is -1.91. The Labute approximate surface area is 85.7 Å². The fourth-order valence-electron chi connectivity index (χ4n) is 1.80. The smallest absolute Gasteiger partial charge is 0.177 e. The first-order chi connectivity index (χ1) is 7.25. The third kappa shape index (κ3) is 1.06. The number of nitrogen functional groups attached to an aromatic ring is 1. The Morgan fingerprint density at radius 1 is 1.07 bits per heavy atom. The predicted molar refractivity (Wildman–Crippen MR) is 59.8 cm³/mol. The zero-order valence-corrected chi connectivity index (χ0v) is 7.90. The molecule has 1 aromatic heterocycles. The number of benzene rings is 2. The molecule has 3 nitrogen and oxygen atoms in total. The van der Waals surface area contributed by atoms with Crippen LogP contribution in [0.1, 0.15) is 0 Å². The first-order valence-electron chi connectivity index (χ1n) is 4.65. The molecule has 15 heavy (non-hydrogen) atoms. The Morgan fingerprint density at radius 2 is 1.93 bits per heavy atom. The number of anilines is 1. The third-order valence-corrected chi connectivity index (χ3v) is 2.50. The third-order valence-electron chi connectivity index (χ3n) is 2.50. The summed E-state index contributed by atoms with van der Waals surface area (Å²) in [5, 5.41) is 11.5. The molecular formula is C12H9NO2. The molecule has 0 saturated heterocycles. The summed E-state index contributed by atoms with van der Waals surface area (Å²) in [4.78, 5) is 0. The van der Waals surface area contributed by atoms with Crippen molar-refractivity contribution in [2.45, 2.75) is 0 Å². The van der Waals surface area contributed by atoms with E-state index >= 15 is 0 Å². The van der Waals surface area contributed by atoms with E-state index in [1.165, 1.54) is 0 Å². The summed E-state index contributed by atoms with van der Waals surface area (Å²) in [6.07, 6.45) is 0. The molecule has 0 amide bonds. The fraction of sp³-hybridized carbons (Fsp3) is 0. The summed E-state index contributed by atoms with van der Waals surface area (Å²) < 4.78 is 5.53. The van der Waals surface area contributed by atoms with Crippen molar-refractivity contribution >= 4 is 27.6 Å². The van der Waals surface area contributed by atoms with Gasteiger partial charge in [0.1, 0.15) is 5.58 Å². The minimum absolute atomic E-state index is 0.155. The van der Waals surface area contributed by atoms with Gasteiger partial charge in [-0.1, -0.05) is 12.1 Å². The highest BCUT2D eigenvalue weighted by atomic mass is 16.4. The lowest BCUT2D eigenvalue weighted by atomic mass is 10.1. The molecule has 74 valence electrons. The van der Waals surface area contributed by atoms with Gasteiger partial charge in [0, 0.05) is 22.5 Å². The minimum Gasteiger partial charge on any atom is -0.504 e. The van der Waals surface area contributed by atoms with Crippen LogP contribution in [-0.2, 0) is 0 Å². The second kappa shape index (κ2) is 2.67. The van der Waals surface area contributed by atoms with Gasteiger partial charge in [-0.05, 0) is 18.2 Å². The quantitative estimate of drug-likeness (QED) is 0.547. The highest BCUT2D eigenvalue weighted by Gasteiger charge is 2.09. The second-order valence-corrected chi connectivity index (χ2v) is 3.51. The number of furan rings is 1. The normalized spacial score (nSPS) is 11.2. The van der Waals surface area contributed by atoms with Crippen molar-refractivity contribution in [3.05, 3.63) is 36.4 Å². The van der Waals surface area contributed by atoms with Gasteiger partial charge >= 0.3 is 0 Å². The Kier molecular flexibility index (Phi) is 1.45. The van der Waals surface area contributed by atoms with E-state index in [0.717, 1.165) is 10.8 Å². The number of nitrogens with two attached hydrogens (primary N) is 1. The van der Waals surface area contributed by atoms with E-state index in [1.807, 2.05) is 18.2 Å². The summed E-state index contributed by atoms with van der Waals surface area (Å²) >= 11 is 0. The number of phenols is 1. The number of hydrogen-bond acceptors (Lipinski definition) is 3. The molecule has 1 heterocycles. The highest BCUT2D eigenvalue weighted by Crippen LogP contribution is 2.34. The minimum atomic E-state index is 0.155. The molecule has 0 aliphatic carbocycles. The van der Waals surface area contributed by atoms with Crippen molar-refractivity contribution in [2.24, 2.45) is 0 Å². The van der Waals surface area contributed by atoms with Crippen molar-refractivity contribution in [3.8, 4) is 5.75 Å². The molecule has 2 aromatic carbocycles. The van der Waals surface area contributed by atoms with Gasteiger partial charge in [0.05, 0.1) is 0 Å². The average molecular weight is 199 g/mol. The lowest BCUT2D eigenvalue weighted by Crippen LogP contribution is -1.81. The molecule has 0 saturated carbocycles. The van der Waals surface area contributed by atoms with E-state index in [-0.39, 0.29) is 5.75 Å². The lowest BCUT2D eigenvalue weighted by molar-refractivity contribution is 0.469. The number of phenolic OH excluding ortho intramolecular Hbond substituents is 1. The van der Waals surface area contributed by atoms with Crippen LogP contribution in [0.4, 0.5) is 5.69 Å². The number of aromatic hydroxyl groups is 1. The molecule has 0 atom stereocenters. The maximum absolute atomic E-state index is 9.62. The predicted octanol–water partition coefficient (Wildman–Crippen LogP) is 2.87. The Hall–Kier alpha value is -2.16. The van der Waals surface area contributed by atoms with E-state index in [9.17, 15) is 5.11 Å². The van der Waals surface area contributed by atoms with E-state index in [2.05, 4.69) is 0 Å². The van der Waals surface area contributed by atoms with Gasteiger partial charge in [0.15, 0.2) is 11.3 Å². The van der Waals surface area contributed by atoms with Crippen LogP contribution in [0.15, 0.2) is 40.8 Å². The molecule has 0 fully saturated rings. The number of hydrogen-bond donors (Lipinski definition) is 2. The molecule has 3 heteroatoms.